The molecule has 1 aliphatic rings. The molecule has 1 heterocycles. The highest BCUT2D eigenvalue weighted by atomic mass is 32.2. The number of nitrogens with zero attached hydrogens (tertiary/aromatic N) is 1. The summed E-state index contributed by atoms with van der Waals surface area (Å²) in [7, 11) is -3.33. The summed E-state index contributed by atoms with van der Waals surface area (Å²) < 4.78 is 25.5. The van der Waals surface area contributed by atoms with E-state index in [0.29, 0.717) is 13.1 Å². The molecule has 18 heavy (non-hydrogen) atoms. The Morgan fingerprint density at radius 3 is 2.61 bits per heavy atom. The molecule has 0 amide bonds. The molecule has 0 spiro atoms. The number of rotatable bonds is 8. The summed E-state index contributed by atoms with van der Waals surface area (Å²) >= 11 is 0. The number of piperazine rings is 1. The molecule has 0 saturated carbocycles. The number of aliphatic carboxylic acids is 1. The second-order valence-electron chi connectivity index (χ2n) is 4.30. The van der Waals surface area contributed by atoms with Gasteiger partial charge in [-0.2, -0.15) is 0 Å². The quantitative estimate of drug-likeness (QED) is 0.509. The van der Waals surface area contributed by atoms with Crippen molar-refractivity contribution in [3.8, 4) is 0 Å². The van der Waals surface area contributed by atoms with Crippen LogP contribution in [0.2, 0.25) is 0 Å². The molecule has 1 rings (SSSR count). The van der Waals surface area contributed by atoms with Gasteiger partial charge in [0.15, 0.2) is 0 Å². The van der Waals surface area contributed by atoms with Gasteiger partial charge in [-0.25, -0.2) is 13.1 Å². The Morgan fingerprint density at radius 2 is 2.00 bits per heavy atom. The Bertz CT molecular complexity index is 352. The zero-order valence-electron chi connectivity index (χ0n) is 10.4. The second-order valence-corrected chi connectivity index (χ2v) is 6.23. The lowest BCUT2D eigenvalue weighted by molar-refractivity contribution is -0.137. The number of hydrogen-bond acceptors (Lipinski definition) is 5. The summed E-state index contributed by atoms with van der Waals surface area (Å²) in [5.41, 5.74) is 0. The zero-order valence-corrected chi connectivity index (χ0v) is 11.2. The summed E-state index contributed by atoms with van der Waals surface area (Å²) in [5, 5.41) is 11.7. The fraction of sp³-hybridized carbons (Fsp3) is 0.900. The summed E-state index contributed by atoms with van der Waals surface area (Å²) in [5.74, 6) is -1.09. The van der Waals surface area contributed by atoms with Crippen LogP contribution in [-0.2, 0) is 14.8 Å². The molecule has 0 bridgehead atoms. The Balaban J connectivity index is 2.14. The van der Waals surface area contributed by atoms with Crippen molar-refractivity contribution in [3.05, 3.63) is 0 Å². The van der Waals surface area contributed by atoms with E-state index in [1.54, 1.807) is 0 Å². The van der Waals surface area contributed by atoms with Crippen LogP contribution >= 0.6 is 0 Å². The van der Waals surface area contributed by atoms with Crippen LogP contribution in [0.15, 0.2) is 0 Å². The van der Waals surface area contributed by atoms with Gasteiger partial charge in [0.2, 0.25) is 10.0 Å². The standard InChI is InChI=1S/C10H21N3O4S/c14-10(15)2-1-9-18(16,17)12-5-8-13-6-3-11-4-7-13/h11-12H,1-9H2,(H,14,15). The molecule has 1 fully saturated rings. The van der Waals surface area contributed by atoms with Crippen LogP contribution < -0.4 is 10.0 Å². The van der Waals surface area contributed by atoms with Crippen molar-refractivity contribution in [3.63, 3.8) is 0 Å². The molecule has 1 saturated heterocycles. The molecule has 1 aliphatic heterocycles. The van der Waals surface area contributed by atoms with Gasteiger partial charge in [-0.15, -0.1) is 0 Å². The highest BCUT2D eigenvalue weighted by Gasteiger charge is 2.13. The van der Waals surface area contributed by atoms with Gasteiger partial charge in [-0.3, -0.25) is 9.69 Å². The smallest absolute Gasteiger partial charge is 0.303 e. The van der Waals surface area contributed by atoms with E-state index in [2.05, 4.69) is 14.9 Å². The lowest BCUT2D eigenvalue weighted by Gasteiger charge is -2.27. The molecule has 0 aromatic carbocycles. The van der Waals surface area contributed by atoms with Crippen molar-refractivity contribution in [2.24, 2.45) is 0 Å². The Morgan fingerprint density at radius 1 is 1.33 bits per heavy atom. The average molecular weight is 279 g/mol. The molecule has 0 radical (unpaired) electrons. The lowest BCUT2D eigenvalue weighted by atomic mass is 10.3. The highest BCUT2D eigenvalue weighted by Crippen LogP contribution is 1.95. The van der Waals surface area contributed by atoms with Crippen molar-refractivity contribution in [1.82, 2.24) is 14.9 Å². The Hall–Kier alpha value is -0.700. The fourth-order valence-electron chi connectivity index (χ4n) is 1.78. The van der Waals surface area contributed by atoms with Crippen LogP contribution in [0.3, 0.4) is 0 Å². The molecule has 106 valence electrons. The van der Waals surface area contributed by atoms with Gasteiger partial charge in [-0.05, 0) is 6.42 Å². The van der Waals surface area contributed by atoms with Crippen LogP contribution in [0.25, 0.3) is 0 Å². The predicted molar refractivity (Wildman–Crippen MR) is 68.0 cm³/mol. The summed E-state index contributed by atoms with van der Waals surface area (Å²) in [6.07, 6.45) is 0.0387. The molecule has 0 unspecified atom stereocenters. The lowest BCUT2D eigenvalue weighted by Crippen LogP contribution is -2.46. The number of hydrogen-bond donors (Lipinski definition) is 3. The van der Waals surface area contributed by atoms with E-state index in [1.807, 2.05) is 0 Å². The SMILES string of the molecule is O=C(O)CCCS(=O)(=O)NCCN1CCNCC1. The van der Waals surface area contributed by atoms with Gasteiger partial charge < -0.3 is 10.4 Å². The van der Waals surface area contributed by atoms with Crippen molar-refractivity contribution in [1.29, 1.82) is 0 Å². The molecule has 0 aromatic heterocycles. The molecule has 3 N–H and O–H groups in total. The first kappa shape index (κ1) is 15.4. The minimum absolute atomic E-state index is 0.112. The van der Waals surface area contributed by atoms with E-state index < -0.39 is 16.0 Å². The first-order chi connectivity index (χ1) is 8.49. The molecule has 0 aromatic rings. The Kier molecular flexibility index (Phi) is 6.55. The third-order valence-corrected chi connectivity index (χ3v) is 4.23. The number of carboxylic acids is 1. The van der Waals surface area contributed by atoms with Crippen molar-refractivity contribution in [2.45, 2.75) is 12.8 Å². The summed E-state index contributed by atoms with van der Waals surface area (Å²) in [6.45, 7) is 4.81. The summed E-state index contributed by atoms with van der Waals surface area (Å²) in [4.78, 5) is 12.5. The molecule has 0 atom stereocenters. The minimum atomic E-state index is -3.33. The van der Waals surface area contributed by atoms with E-state index >= 15 is 0 Å². The van der Waals surface area contributed by atoms with E-state index in [1.165, 1.54) is 0 Å². The van der Waals surface area contributed by atoms with Gasteiger partial charge >= 0.3 is 5.97 Å². The van der Waals surface area contributed by atoms with Crippen LogP contribution in [0, 0.1) is 0 Å². The molecule has 0 aliphatic carbocycles. The maximum Gasteiger partial charge on any atom is 0.303 e. The van der Waals surface area contributed by atoms with Gasteiger partial charge in [0.25, 0.3) is 0 Å². The van der Waals surface area contributed by atoms with Crippen LogP contribution in [0.1, 0.15) is 12.8 Å². The van der Waals surface area contributed by atoms with Crippen molar-refractivity contribution in [2.75, 3.05) is 45.0 Å². The largest absolute Gasteiger partial charge is 0.481 e. The molecule has 8 heteroatoms. The highest BCUT2D eigenvalue weighted by molar-refractivity contribution is 7.89. The first-order valence-electron chi connectivity index (χ1n) is 6.12. The normalized spacial score (nSPS) is 17.8. The number of sulfonamides is 1. The minimum Gasteiger partial charge on any atom is -0.481 e. The van der Waals surface area contributed by atoms with Crippen LogP contribution in [-0.4, -0.2) is 69.4 Å². The molecular weight excluding hydrogens is 258 g/mol. The van der Waals surface area contributed by atoms with E-state index in [4.69, 9.17) is 5.11 Å². The zero-order chi connectivity index (χ0) is 13.4. The topological polar surface area (TPSA) is 98.7 Å². The van der Waals surface area contributed by atoms with Crippen LogP contribution in [0.5, 0.6) is 0 Å². The second kappa shape index (κ2) is 7.67. The van der Waals surface area contributed by atoms with Crippen molar-refractivity contribution >= 4 is 16.0 Å². The van der Waals surface area contributed by atoms with E-state index in [-0.39, 0.29) is 18.6 Å². The number of carboxylic acid groups (broad SMARTS) is 1. The number of carbonyl (C=O) groups is 1. The maximum atomic E-state index is 11.5. The Labute approximate surface area is 108 Å². The third kappa shape index (κ3) is 6.90. The predicted octanol–water partition coefficient (Wildman–Crippen LogP) is -1.32. The molecular formula is C10H21N3O4S. The summed E-state index contributed by atoms with van der Waals surface area (Å²) in [6, 6.07) is 0. The molecule has 7 nitrogen and oxygen atoms in total. The fourth-order valence-corrected chi connectivity index (χ4v) is 2.85. The number of nitrogens with one attached hydrogen (secondary N) is 2. The van der Waals surface area contributed by atoms with Crippen LogP contribution in [0.4, 0.5) is 0 Å². The maximum absolute atomic E-state index is 11.5. The third-order valence-electron chi connectivity index (χ3n) is 2.76. The van der Waals surface area contributed by atoms with Gasteiger partial charge in [0, 0.05) is 45.7 Å². The average Bonchev–Trinajstić information content (AvgIpc) is 2.29. The van der Waals surface area contributed by atoms with Gasteiger partial charge in [0.1, 0.15) is 0 Å². The monoisotopic (exact) mass is 279 g/mol. The van der Waals surface area contributed by atoms with Gasteiger partial charge in [0.05, 0.1) is 5.75 Å². The van der Waals surface area contributed by atoms with E-state index in [0.717, 1.165) is 26.2 Å². The van der Waals surface area contributed by atoms with E-state index in [9.17, 15) is 13.2 Å². The van der Waals surface area contributed by atoms with Crippen molar-refractivity contribution < 1.29 is 18.3 Å². The first-order valence-corrected chi connectivity index (χ1v) is 7.77. The van der Waals surface area contributed by atoms with Gasteiger partial charge in [-0.1, -0.05) is 0 Å².